The first-order chi connectivity index (χ1) is 10.6. The molecule has 0 aliphatic rings. The molecule has 0 heterocycles. The zero-order valence-corrected chi connectivity index (χ0v) is 14.4. The summed E-state index contributed by atoms with van der Waals surface area (Å²) in [6.07, 6.45) is 0. The summed E-state index contributed by atoms with van der Waals surface area (Å²) in [4.78, 5) is 0. The molecular formula is C17H20ClO3P. The summed E-state index contributed by atoms with van der Waals surface area (Å²) in [5.41, 5.74) is 1.29. The van der Waals surface area contributed by atoms with Gasteiger partial charge in [-0.15, -0.1) is 0 Å². The maximum atomic E-state index is 13.3. The minimum Gasteiger partial charge on any atom is -0.308 e. The third-order valence-electron chi connectivity index (χ3n) is 3.24. The molecular weight excluding hydrogens is 319 g/mol. The van der Waals surface area contributed by atoms with Gasteiger partial charge in [-0.2, -0.15) is 0 Å². The Bertz CT molecular complexity index is 618. The average Bonchev–Trinajstić information content (AvgIpc) is 2.51. The minimum atomic E-state index is -3.33. The Morgan fingerprint density at radius 1 is 0.909 bits per heavy atom. The zero-order valence-electron chi connectivity index (χ0n) is 12.7. The van der Waals surface area contributed by atoms with Gasteiger partial charge in [0.2, 0.25) is 0 Å². The van der Waals surface area contributed by atoms with Crippen molar-refractivity contribution < 1.29 is 13.6 Å². The minimum absolute atomic E-state index is 0.328. The predicted molar refractivity (Wildman–Crippen MR) is 90.6 cm³/mol. The first-order valence-electron chi connectivity index (χ1n) is 7.30. The Kier molecular flexibility index (Phi) is 6.22. The van der Waals surface area contributed by atoms with Crippen LogP contribution in [-0.4, -0.2) is 13.2 Å². The van der Waals surface area contributed by atoms with Gasteiger partial charge in [-0.25, -0.2) is 0 Å². The van der Waals surface area contributed by atoms with E-state index in [9.17, 15) is 4.57 Å². The first-order valence-corrected chi connectivity index (χ1v) is 9.29. The standard InChI is InChI=1S/C17H20ClO3P/c1-3-20-22(19,21-4-2)17(14-8-6-5-7-9-14)15-10-12-16(18)13-11-15/h5-13,17H,3-4H2,1-2H3. The lowest BCUT2D eigenvalue weighted by Gasteiger charge is -2.27. The molecule has 0 saturated carbocycles. The van der Waals surface area contributed by atoms with Crippen molar-refractivity contribution in [2.45, 2.75) is 19.5 Å². The van der Waals surface area contributed by atoms with Gasteiger partial charge in [0.05, 0.1) is 13.2 Å². The van der Waals surface area contributed by atoms with Gasteiger partial charge in [0.15, 0.2) is 0 Å². The summed E-state index contributed by atoms with van der Waals surface area (Å²) in [7, 11) is -3.33. The van der Waals surface area contributed by atoms with Gasteiger partial charge in [0.25, 0.3) is 0 Å². The molecule has 0 amide bonds. The topological polar surface area (TPSA) is 35.5 Å². The van der Waals surface area contributed by atoms with Gasteiger partial charge in [-0.1, -0.05) is 54.1 Å². The van der Waals surface area contributed by atoms with Crippen molar-refractivity contribution in [2.75, 3.05) is 13.2 Å². The third-order valence-corrected chi connectivity index (χ3v) is 5.95. The molecule has 0 saturated heterocycles. The molecule has 0 radical (unpaired) electrons. The summed E-state index contributed by atoms with van der Waals surface area (Å²) >= 11 is 5.97. The monoisotopic (exact) mass is 338 g/mol. The fourth-order valence-electron chi connectivity index (χ4n) is 2.38. The Morgan fingerprint density at radius 2 is 1.41 bits per heavy atom. The molecule has 118 valence electrons. The molecule has 0 N–H and O–H groups in total. The second kappa shape index (κ2) is 7.94. The molecule has 3 nitrogen and oxygen atoms in total. The number of rotatable bonds is 7. The fraction of sp³-hybridized carbons (Fsp3) is 0.294. The first kappa shape index (κ1) is 17.2. The summed E-state index contributed by atoms with van der Waals surface area (Å²) in [5, 5.41) is 0.637. The van der Waals surface area contributed by atoms with E-state index in [1.54, 1.807) is 12.1 Å². The van der Waals surface area contributed by atoms with Crippen LogP contribution >= 0.6 is 19.2 Å². The molecule has 0 fully saturated rings. The number of hydrogen-bond acceptors (Lipinski definition) is 3. The Balaban J connectivity index is 2.54. The molecule has 1 atom stereocenters. The van der Waals surface area contributed by atoms with Crippen LogP contribution in [0.2, 0.25) is 5.02 Å². The van der Waals surface area contributed by atoms with Crippen LogP contribution in [0.4, 0.5) is 0 Å². The molecule has 22 heavy (non-hydrogen) atoms. The quantitative estimate of drug-likeness (QED) is 0.608. The highest BCUT2D eigenvalue weighted by atomic mass is 35.5. The van der Waals surface area contributed by atoms with E-state index < -0.39 is 13.3 Å². The van der Waals surface area contributed by atoms with Crippen LogP contribution in [0.25, 0.3) is 0 Å². The molecule has 0 bridgehead atoms. The second-order valence-corrected chi connectivity index (χ2v) is 7.29. The zero-order chi connectivity index (χ0) is 16.0. The van der Waals surface area contributed by atoms with Crippen molar-refractivity contribution in [2.24, 2.45) is 0 Å². The maximum absolute atomic E-state index is 13.3. The molecule has 0 aliphatic heterocycles. The molecule has 2 aromatic rings. The van der Waals surface area contributed by atoms with Gasteiger partial charge in [-0.3, -0.25) is 4.57 Å². The van der Waals surface area contributed by atoms with Crippen LogP contribution in [0.1, 0.15) is 30.6 Å². The lowest BCUT2D eigenvalue weighted by atomic mass is 10.0. The van der Waals surface area contributed by atoms with Crippen molar-refractivity contribution in [3.63, 3.8) is 0 Å². The molecule has 0 spiro atoms. The lowest BCUT2D eigenvalue weighted by molar-refractivity contribution is 0.215. The van der Waals surface area contributed by atoms with Crippen molar-refractivity contribution in [1.29, 1.82) is 0 Å². The number of benzene rings is 2. The smallest absolute Gasteiger partial charge is 0.308 e. The van der Waals surface area contributed by atoms with Crippen molar-refractivity contribution in [3.8, 4) is 0 Å². The van der Waals surface area contributed by atoms with Crippen LogP contribution in [0.15, 0.2) is 54.6 Å². The lowest BCUT2D eigenvalue weighted by Crippen LogP contribution is -2.08. The average molecular weight is 339 g/mol. The Labute approximate surface area is 136 Å². The van der Waals surface area contributed by atoms with Crippen LogP contribution < -0.4 is 0 Å². The van der Waals surface area contributed by atoms with E-state index >= 15 is 0 Å². The SMILES string of the molecule is CCOP(=O)(OCC)C(c1ccccc1)c1ccc(Cl)cc1. The highest BCUT2D eigenvalue weighted by molar-refractivity contribution is 7.54. The van der Waals surface area contributed by atoms with Crippen LogP contribution in [-0.2, 0) is 13.6 Å². The van der Waals surface area contributed by atoms with E-state index in [0.717, 1.165) is 11.1 Å². The van der Waals surface area contributed by atoms with Crippen molar-refractivity contribution in [1.82, 2.24) is 0 Å². The fourth-order valence-corrected chi connectivity index (χ4v) is 4.68. The van der Waals surface area contributed by atoms with E-state index in [0.29, 0.717) is 18.2 Å². The van der Waals surface area contributed by atoms with Gasteiger partial charge in [0, 0.05) is 5.02 Å². The highest BCUT2D eigenvalue weighted by Gasteiger charge is 2.37. The van der Waals surface area contributed by atoms with Gasteiger partial charge in [-0.05, 0) is 37.1 Å². The summed E-state index contributed by atoms with van der Waals surface area (Å²) < 4.78 is 24.5. The van der Waals surface area contributed by atoms with Gasteiger partial charge < -0.3 is 9.05 Å². The van der Waals surface area contributed by atoms with E-state index in [-0.39, 0.29) is 0 Å². The van der Waals surface area contributed by atoms with E-state index in [2.05, 4.69) is 0 Å². The molecule has 2 aromatic carbocycles. The highest BCUT2D eigenvalue weighted by Crippen LogP contribution is 2.63. The number of hydrogen-bond donors (Lipinski definition) is 0. The van der Waals surface area contributed by atoms with Gasteiger partial charge >= 0.3 is 7.60 Å². The second-order valence-electron chi connectivity index (χ2n) is 4.74. The van der Waals surface area contributed by atoms with Crippen molar-refractivity contribution >= 4 is 19.2 Å². The predicted octanol–water partition coefficient (Wildman–Crippen LogP) is 5.70. The van der Waals surface area contributed by atoms with Gasteiger partial charge in [0.1, 0.15) is 5.66 Å². The molecule has 1 unspecified atom stereocenters. The van der Waals surface area contributed by atoms with E-state index in [4.69, 9.17) is 20.6 Å². The summed E-state index contributed by atoms with van der Waals surface area (Å²) in [5.74, 6) is 0. The van der Waals surface area contributed by atoms with Crippen LogP contribution in [0, 0.1) is 0 Å². The molecule has 5 heteroatoms. The summed E-state index contributed by atoms with van der Waals surface area (Å²) in [6, 6.07) is 16.9. The number of halogens is 1. The summed E-state index contributed by atoms with van der Waals surface area (Å²) in [6.45, 7) is 4.29. The molecule has 0 aromatic heterocycles. The Morgan fingerprint density at radius 3 is 1.91 bits per heavy atom. The molecule has 2 rings (SSSR count). The van der Waals surface area contributed by atoms with E-state index in [1.807, 2.05) is 56.3 Å². The Hall–Kier alpha value is -1.12. The van der Waals surface area contributed by atoms with E-state index in [1.165, 1.54) is 0 Å². The van der Waals surface area contributed by atoms with Crippen molar-refractivity contribution in [3.05, 3.63) is 70.7 Å². The largest absolute Gasteiger partial charge is 0.342 e. The van der Waals surface area contributed by atoms with Crippen LogP contribution in [0.5, 0.6) is 0 Å². The maximum Gasteiger partial charge on any atom is 0.342 e. The third kappa shape index (κ3) is 3.99. The molecule has 0 aliphatic carbocycles. The van der Waals surface area contributed by atoms with Crippen LogP contribution in [0.3, 0.4) is 0 Å². The normalized spacial score (nSPS) is 13.0.